The van der Waals surface area contributed by atoms with Crippen molar-refractivity contribution in [3.05, 3.63) is 24.3 Å². The molecule has 4 heteroatoms. The Morgan fingerprint density at radius 2 is 2.00 bits per heavy atom. The molecule has 0 aliphatic carbocycles. The maximum Gasteiger partial charge on any atom is 0.229 e. The Kier molecular flexibility index (Phi) is 4.19. The molecule has 0 radical (unpaired) electrons. The summed E-state index contributed by atoms with van der Waals surface area (Å²) < 4.78 is 0. The van der Waals surface area contributed by atoms with Crippen molar-refractivity contribution in [2.45, 2.75) is 26.3 Å². The molecule has 0 atom stereocenters. The van der Waals surface area contributed by atoms with Crippen LogP contribution in [0.3, 0.4) is 0 Å². The van der Waals surface area contributed by atoms with Crippen LogP contribution in [-0.4, -0.2) is 18.5 Å². The minimum Gasteiger partial charge on any atom is -0.383 e. The number of halogens is 1. The van der Waals surface area contributed by atoms with Gasteiger partial charge in [-0.15, -0.1) is 12.4 Å². The highest BCUT2D eigenvalue weighted by molar-refractivity contribution is 5.98. The summed E-state index contributed by atoms with van der Waals surface area (Å²) in [6, 6.07) is 8.17. The van der Waals surface area contributed by atoms with Crippen molar-refractivity contribution in [2.24, 2.45) is 0 Å². The van der Waals surface area contributed by atoms with E-state index in [0.29, 0.717) is 6.42 Å². The van der Waals surface area contributed by atoms with E-state index < -0.39 is 0 Å². The van der Waals surface area contributed by atoms with Gasteiger partial charge in [-0.05, 0) is 26.0 Å². The van der Waals surface area contributed by atoms with Crippen LogP contribution < -0.4 is 10.2 Å². The Bertz CT molecular complexity index is 379. The summed E-state index contributed by atoms with van der Waals surface area (Å²) in [5.41, 5.74) is 2.05. The number of nitrogens with one attached hydrogen (secondary N) is 1. The number of anilines is 2. The number of para-hydroxylation sites is 2. The molecule has 1 aliphatic rings. The van der Waals surface area contributed by atoms with E-state index in [2.05, 4.69) is 5.32 Å². The predicted octanol–water partition coefficient (Wildman–Crippen LogP) is 2.67. The highest BCUT2D eigenvalue weighted by atomic mass is 35.5. The molecular formula is C12H17ClN2O. The predicted molar refractivity (Wildman–Crippen MR) is 69.4 cm³/mol. The molecule has 1 amide bonds. The number of carbonyl (C=O) groups is 1. The molecule has 0 fully saturated rings. The number of nitrogens with zero attached hydrogens (tertiary/aromatic N) is 1. The van der Waals surface area contributed by atoms with Gasteiger partial charge in [0.15, 0.2) is 0 Å². The van der Waals surface area contributed by atoms with Crippen LogP contribution in [0.15, 0.2) is 24.3 Å². The van der Waals surface area contributed by atoms with E-state index in [-0.39, 0.29) is 24.4 Å². The Hall–Kier alpha value is -1.22. The summed E-state index contributed by atoms with van der Waals surface area (Å²) in [7, 11) is 0. The minimum absolute atomic E-state index is 0. The molecule has 88 valence electrons. The van der Waals surface area contributed by atoms with Gasteiger partial charge in [0.05, 0.1) is 11.4 Å². The lowest BCUT2D eigenvalue weighted by Crippen LogP contribution is -2.36. The van der Waals surface area contributed by atoms with Crippen LogP contribution in [0, 0.1) is 0 Å². The number of benzene rings is 1. The van der Waals surface area contributed by atoms with E-state index in [1.165, 1.54) is 0 Å². The van der Waals surface area contributed by atoms with Gasteiger partial charge < -0.3 is 10.2 Å². The lowest BCUT2D eigenvalue weighted by molar-refractivity contribution is -0.118. The second-order valence-corrected chi connectivity index (χ2v) is 4.05. The highest BCUT2D eigenvalue weighted by Gasteiger charge is 2.23. The molecule has 2 rings (SSSR count). The van der Waals surface area contributed by atoms with Crippen LogP contribution in [0.4, 0.5) is 11.4 Å². The Morgan fingerprint density at radius 3 is 2.69 bits per heavy atom. The number of hydrogen-bond donors (Lipinski definition) is 1. The van der Waals surface area contributed by atoms with Crippen molar-refractivity contribution >= 4 is 29.7 Å². The SMILES string of the molecule is CC(C)N1C(=O)CCNc2ccccc21.Cl. The molecule has 1 N–H and O–H groups in total. The van der Waals surface area contributed by atoms with Crippen molar-refractivity contribution in [1.29, 1.82) is 0 Å². The molecule has 3 nitrogen and oxygen atoms in total. The van der Waals surface area contributed by atoms with Gasteiger partial charge in [-0.25, -0.2) is 0 Å². The number of amides is 1. The fourth-order valence-electron chi connectivity index (χ4n) is 1.96. The van der Waals surface area contributed by atoms with Crippen molar-refractivity contribution in [3.8, 4) is 0 Å². The zero-order valence-electron chi connectivity index (χ0n) is 9.56. The third-order valence-electron chi connectivity index (χ3n) is 2.60. The van der Waals surface area contributed by atoms with Gasteiger partial charge >= 0.3 is 0 Å². The zero-order chi connectivity index (χ0) is 10.8. The van der Waals surface area contributed by atoms with Crippen LogP contribution in [0.2, 0.25) is 0 Å². The van der Waals surface area contributed by atoms with Gasteiger partial charge in [0, 0.05) is 19.0 Å². The first kappa shape index (κ1) is 12.8. The molecule has 16 heavy (non-hydrogen) atoms. The number of rotatable bonds is 1. The maximum atomic E-state index is 11.9. The highest BCUT2D eigenvalue weighted by Crippen LogP contribution is 2.29. The second kappa shape index (κ2) is 5.21. The lowest BCUT2D eigenvalue weighted by atomic mass is 10.2. The van der Waals surface area contributed by atoms with Gasteiger partial charge in [0.1, 0.15) is 0 Å². The lowest BCUT2D eigenvalue weighted by Gasteiger charge is -2.26. The van der Waals surface area contributed by atoms with Crippen LogP contribution in [0.1, 0.15) is 20.3 Å². The van der Waals surface area contributed by atoms with Crippen molar-refractivity contribution in [2.75, 3.05) is 16.8 Å². The van der Waals surface area contributed by atoms with Crippen LogP contribution in [0.5, 0.6) is 0 Å². The maximum absolute atomic E-state index is 11.9. The van der Waals surface area contributed by atoms with E-state index in [1.807, 2.05) is 43.0 Å². The number of hydrogen-bond acceptors (Lipinski definition) is 2. The standard InChI is InChI=1S/C12H16N2O.ClH/c1-9(2)14-11-6-4-3-5-10(11)13-8-7-12(14)15;/h3-6,9,13H,7-8H2,1-2H3;1H. The molecule has 1 heterocycles. The van der Waals surface area contributed by atoms with E-state index >= 15 is 0 Å². The van der Waals surface area contributed by atoms with Crippen molar-refractivity contribution < 1.29 is 4.79 Å². The molecular weight excluding hydrogens is 224 g/mol. The van der Waals surface area contributed by atoms with Gasteiger partial charge in [0.25, 0.3) is 0 Å². The molecule has 0 saturated carbocycles. The zero-order valence-corrected chi connectivity index (χ0v) is 10.4. The third kappa shape index (κ3) is 2.30. The Balaban J connectivity index is 0.00000128. The molecule has 0 spiro atoms. The molecule has 0 unspecified atom stereocenters. The smallest absolute Gasteiger partial charge is 0.229 e. The molecule has 1 aliphatic heterocycles. The van der Waals surface area contributed by atoms with Gasteiger partial charge in [-0.1, -0.05) is 12.1 Å². The Morgan fingerprint density at radius 1 is 1.31 bits per heavy atom. The first-order chi connectivity index (χ1) is 7.20. The monoisotopic (exact) mass is 240 g/mol. The molecule has 1 aromatic rings. The molecule has 0 saturated heterocycles. The van der Waals surface area contributed by atoms with Gasteiger partial charge in [-0.2, -0.15) is 0 Å². The summed E-state index contributed by atoms with van der Waals surface area (Å²) in [5.74, 6) is 0.197. The van der Waals surface area contributed by atoms with E-state index in [4.69, 9.17) is 0 Å². The largest absolute Gasteiger partial charge is 0.383 e. The second-order valence-electron chi connectivity index (χ2n) is 4.05. The third-order valence-corrected chi connectivity index (χ3v) is 2.60. The summed E-state index contributed by atoms with van der Waals surface area (Å²) in [5, 5.41) is 3.28. The average molecular weight is 241 g/mol. The van der Waals surface area contributed by atoms with Crippen LogP contribution in [-0.2, 0) is 4.79 Å². The van der Waals surface area contributed by atoms with Crippen LogP contribution in [0.25, 0.3) is 0 Å². The minimum atomic E-state index is 0. The van der Waals surface area contributed by atoms with E-state index in [1.54, 1.807) is 0 Å². The quantitative estimate of drug-likeness (QED) is 0.819. The molecule has 0 aromatic heterocycles. The summed E-state index contributed by atoms with van der Waals surface area (Å²) >= 11 is 0. The van der Waals surface area contributed by atoms with E-state index in [9.17, 15) is 4.79 Å². The normalized spacial score (nSPS) is 14.9. The fourth-order valence-corrected chi connectivity index (χ4v) is 1.96. The average Bonchev–Trinajstić information content (AvgIpc) is 2.35. The fraction of sp³-hybridized carbons (Fsp3) is 0.417. The summed E-state index contributed by atoms with van der Waals surface area (Å²) in [6.45, 7) is 4.80. The number of fused-ring (bicyclic) bond motifs is 1. The summed E-state index contributed by atoms with van der Waals surface area (Å²) in [4.78, 5) is 13.8. The van der Waals surface area contributed by atoms with Gasteiger partial charge in [0.2, 0.25) is 5.91 Å². The van der Waals surface area contributed by atoms with E-state index in [0.717, 1.165) is 17.9 Å². The topological polar surface area (TPSA) is 32.3 Å². The summed E-state index contributed by atoms with van der Waals surface area (Å²) in [6.07, 6.45) is 0.562. The van der Waals surface area contributed by atoms with Gasteiger partial charge in [-0.3, -0.25) is 4.79 Å². The Labute approximate surface area is 102 Å². The molecule has 1 aromatic carbocycles. The molecule has 0 bridgehead atoms. The van der Waals surface area contributed by atoms with Crippen molar-refractivity contribution in [1.82, 2.24) is 0 Å². The van der Waals surface area contributed by atoms with Crippen molar-refractivity contribution in [3.63, 3.8) is 0 Å². The van der Waals surface area contributed by atoms with Crippen LogP contribution >= 0.6 is 12.4 Å². The number of carbonyl (C=O) groups excluding carboxylic acids is 1. The first-order valence-corrected chi connectivity index (χ1v) is 5.35. The first-order valence-electron chi connectivity index (χ1n) is 5.35.